The number of aromatic nitrogens is 1. The Kier molecular flexibility index (Phi) is 7.13. The summed E-state index contributed by atoms with van der Waals surface area (Å²) in [6, 6.07) is 9.66. The van der Waals surface area contributed by atoms with E-state index in [-0.39, 0.29) is 29.3 Å². The van der Waals surface area contributed by atoms with Crippen LogP contribution < -0.4 is 10.2 Å². The van der Waals surface area contributed by atoms with Gasteiger partial charge in [0.2, 0.25) is 5.88 Å². The van der Waals surface area contributed by atoms with Gasteiger partial charge in [-0.05, 0) is 19.1 Å². The number of methoxy groups -OCH3 is 1. The first kappa shape index (κ1) is 20.5. The van der Waals surface area contributed by atoms with E-state index in [9.17, 15) is 20.2 Å². The van der Waals surface area contributed by atoms with Crippen LogP contribution in [0.4, 0.5) is 5.69 Å². The van der Waals surface area contributed by atoms with Crippen molar-refractivity contribution in [2.45, 2.75) is 13.5 Å². The molecule has 10 heteroatoms. The summed E-state index contributed by atoms with van der Waals surface area (Å²) in [5.41, 5.74) is 3.70. The molecule has 1 amide bonds. The van der Waals surface area contributed by atoms with Gasteiger partial charge in [0.15, 0.2) is 6.61 Å². The minimum Gasteiger partial charge on any atom is -0.467 e. The molecule has 0 fully saturated rings. The zero-order chi connectivity index (χ0) is 20.5. The Morgan fingerprint density at radius 3 is 2.89 bits per heavy atom. The van der Waals surface area contributed by atoms with Crippen LogP contribution in [-0.4, -0.2) is 35.7 Å². The molecule has 0 bridgehead atoms. The lowest BCUT2D eigenvalue weighted by Gasteiger charge is -2.10. The first-order chi connectivity index (χ1) is 13.5. The fraction of sp³-hybridized carbons (Fsp3) is 0.222. The molecule has 1 aromatic heterocycles. The Labute approximate surface area is 160 Å². The first-order valence-corrected chi connectivity index (χ1v) is 8.04. The van der Waals surface area contributed by atoms with E-state index in [0.29, 0.717) is 11.3 Å². The van der Waals surface area contributed by atoms with Gasteiger partial charge in [-0.3, -0.25) is 14.9 Å². The van der Waals surface area contributed by atoms with Crippen LogP contribution in [0.3, 0.4) is 0 Å². The summed E-state index contributed by atoms with van der Waals surface area (Å²) in [5.74, 6) is -0.595. The van der Waals surface area contributed by atoms with Crippen molar-refractivity contribution in [3.05, 3.63) is 62.8 Å². The highest BCUT2D eigenvalue weighted by molar-refractivity contribution is 5.86. The number of carbonyl (C=O) groups is 1. The summed E-state index contributed by atoms with van der Waals surface area (Å²) in [4.78, 5) is 26.4. The fourth-order valence-electron chi connectivity index (χ4n) is 2.31. The normalized spacial score (nSPS) is 10.5. The molecule has 0 saturated carbocycles. The van der Waals surface area contributed by atoms with Gasteiger partial charge in [0, 0.05) is 24.4 Å². The van der Waals surface area contributed by atoms with Gasteiger partial charge in [0.1, 0.15) is 11.6 Å². The summed E-state index contributed by atoms with van der Waals surface area (Å²) >= 11 is 0. The number of benzene rings is 1. The molecule has 0 aliphatic carbocycles. The molecule has 2 rings (SSSR count). The summed E-state index contributed by atoms with van der Waals surface area (Å²) in [5, 5.41) is 23.9. The molecule has 28 heavy (non-hydrogen) atoms. The van der Waals surface area contributed by atoms with Crippen LogP contribution >= 0.6 is 0 Å². The van der Waals surface area contributed by atoms with Crippen molar-refractivity contribution in [3.63, 3.8) is 0 Å². The summed E-state index contributed by atoms with van der Waals surface area (Å²) < 4.78 is 10.4. The van der Waals surface area contributed by atoms with E-state index in [1.165, 1.54) is 31.5 Å². The number of rotatable bonds is 8. The van der Waals surface area contributed by atoms with Gasteiger partial charge in [-0.1, -0.05) is 12.1 Å². The predicted molar refractivity (Wildman–Crippen MR) is 98.7 cm³/mol. The van der Waals surface area contributed by atoms with Crippen molar-refractivity contribution in [2.24, 2.45) is 5.10 Å². The Morgan fingerprint density at radius 2 is 2.21 bits per heavy atom. The zero-order valence-corrected chi connectivity index (χ0v) is 15.2. The number of nitriles is 1. The quantitative estimate of drug-likeness (QED) is 0.417. The second-order valence-corrected chi connectivity index (χ2v) is 5.55. The maximum absolute atomic E-state index is 11.9. The number of pyridine rings is 1. The summed E-state index contributed by atoms with van der Waals surface area (Å²) in [6.45, 7) is 1.49. The Morgan fingerprint density at radius 1 is 1.46 bits per heavy atom. The second-order valence-electron chi connectivity index (χ2n) is 5.55. The number of nitrogens with one attached hydrogen (secondary N) is 1. The molecule has 0 spiro atoms. The van der Waals surface area contributed by atoms with Gasteiger partial charge in [-0.15, -0.1) is 0 Å². The second kappa shape index (κ2) is 9.75. The van der Waals surface area contributed by atoms with Crippen LogP contribution in [0.2, 0.25) is 0 Å². The number of nitro benzene ring substituents is 1. The smallest absolute Gasteiger partial charge is 0.278 e. The van der Waals surface area contributed by atoms with Crippen molar-refractivity contribution in [2.75, 3.05) is 13.7 Å². The number of amides is 1. The van der Waals surface area contributed by atoms with Crippen LogP contribution in [-0.2, 0) is 16.1 Å². The summed E-state index contributed by atoms with van der Waals surface area (Å²) in [6.07, 6.45) is 1.17. The number of aryl methyl sites for hydroxylation is 1. The SMILES string of the molecule is COCc1cc(C)nc(OCC(=O)NN=Cc2ccccc2[N+](=O)[O-])c1C#N. The van der Waals surface area contributed by atoms with Gasteiger partial charge in [-0.25, -0.2) is 10.4 Å². The fourth-order valence-corrected chi connectivity index (χ4v) is 2.31. The average Bonchev–Trinajstić information content (AvgIpc) is 2.66. The molecular weight excluding hydrogens is 366 g/mol. The third kappa shape index (κ3) is 5.33. The maximum atomic E-state index is 11.9. The van der Waals surface area contributed by atoms with E-state index in [1.54, 1.807) is 19.1 Å². The molecule has 1 heterocycles. The molecule has 0 radical (unpaired) electrons. The standard InChI is InChI=1S/C18H17N5O5/c1-12-7-14(10-27-2)15(8-19)18(21-12)28-11-17(24)22-20-9-13-5-3-4-6-16(13)23(25)26/h3-7,9H,10-11H2,1-2H3,(H,22,24). The number of hydrazone groups is 1. The third-order valence-corrected chi connectivity index (χ3v) is 3.47. The van der Waals surface area contributed by atoms with E-state index >= 15 is 0 Å². The zero-order valence-electron chi connectivity index (χ0n) is 15.2. The number of nitrogens with zero attached hydrogens (tertiary/aromatic N) is 4. The van der Waals surface area contributed by atoms with Gasteiger partial charge in [-0.2, -0.15) is 10.4 Å². The minimum atomic E-state index is -0.615. The van der Waals surface area contributed by atoms with Crippen LogP contribution in [0, 0.1) is 28.4 Å². The minimum absolute atomic E-state index is 0.0207. The molecule has 0 unspecified atom stereocenters. The summed E-state index contributed by atoms with van der Waals surface area (Å²) in [7, 11) is 1.50. The topological polar surface area (TPSA) is 140 Å². The van der Waals surface area contributed by atoms with E-state index in [0.717, 1.165) is 0 Å². The molecule has 0 aliphatic heterocycles. The van der Waals surface area contributed by atoms with Crippen molar-refractivity contribution in [1.29, 1.82) is 5.26 Å². The predicted octanol–water partition coefficient (Wildman–Crippen LogP) is 1.85. The van der Waals surface area contributed by atoms with Crippen LogP contribution in [0.5, 0.6) is 5.88 Å². The van der Waals surface area contributed by atoms with Gasteiger partial charge in [0.05, 0.1) is 23.3 Å². The molecule has 10 nitrogen and oxygen atoms in total. The molecule has 0 saturated heterocycles. The van der Waals surface area contributed by atoms with Gasteiger partial charge in [0.25, 0.3) is 11.6 Å². The molecule has 1 aromatic carbocycles. The van der Waals surface area contributed by atoms with Gasteiger partial charge >= 0.3 is 0 Å². The molecular formula is C18H17N5O5. The molecule has 144 valence electrons. The Balaban J connectivity index is 2.02. The van der Waals surface area contributed by atoms with E-state index in [4.69, 9.17) is 9.47 Å². The molecule has 1 N–H and O–H groups in total. The van der Waals surface area contributed by atoms with Crippen molar-refractivity contribution in [1.82, 2.24) is 10.4 Å². The molecule has 0 atom stereocenters. The van der Waals surface area contributed by atoms with Crippen molar-refractivity contribution in [3.8, 4) is 11.9 Å². The van der Waals surface area contributed by atoms with E-state index < -0.39 is 17.4 Å². The maximum Gasteiger partial charge on any atom is 0.278 e. The van der Waals surface area contributed by atoms with E-state index in [2.05, 4.69) is 15.5 Å². The van der Waals surface area contributed by atoms with Gasteiger partial charge < -0.3 is 9.47 Å². The monoisotopic (exact) mass is 383 g/mol. The van der Waals surface area contributed by atoms with Crippen LogP contribution in [0.25, 0.3) is 0 Å². The lowest BCUT2D eigenvalue weighted by Crippen LogP contribution is -2.25. The van der Waals surface area contributed by atoms with Crippen molar-refractivity contribution < 1.29 is 19.2 Å². The number of ether oxygens (including phenoxy) is 2. The molecule has 2 aromatic rings. The van der Waals surface area contributed by atoms with Crippen molar-refractivity contribution >= 4 is 17.8 Å². The lowest BCUT2D eigenvalue weighted by atomic mass is 10.1. The lowest BCUT2D eigenvalue weighted by molar-refractivity contribution is -0.385. The Hall–Kier alpha value is -3.84. The van der Waals surface area contributed by atoms with Crippen LogP contribution in [0.15, 0.2) is 35.4 Å². The largest absolute Gasteiger partial charge is 0.467 e. The number of hydrogen-bond donors (Lipinski definition) is 1. The number of para-hydroxylation sites is 1. The highest BCUT2D eigenvalue weighted by Crippen LogP contribution is 2.21. The van der Waals surface area contributed by atoms with E-state index in [1.807, 2.05) is 6.07 Å². The third-order valence-electron chi connectivity index (χ3n) is 3.47. The highest BCUT2D eigenvalue weighted by atomic mass is 16.6. The number of nitro groups is 1. The first-order valence-electron chi connectivity index (χ1n) is 8.04. The molecule has 0 aliphatic rings. The Bertz CT molecular complexity index is 952. The number of carbonyl (C=O) groups excluding carboxylic acids is 1. The van der Waals surface area contributed by atoms with Crippen LogP contribution in [0.1, 0.15) is 22.4 Å². The highest BCUT2D eigenvalue weighted by Gasteiger charge is 2.14. The number of hydrogen-bond acceptors (Lipinski definition) is 8. The average molecular weight is 383 g/mol.